The molecule has 30 heavy (non-hydrogen) atoms. The first-order valence-corrected chi connectivity index (χ1v) is 10.1. The maximum atomic E-state index is 13.6. The summed E-state index contributed by atoms with van der Waals surface area (Å²) in [6, 6.07) is 7.38. The molecule has 1 fully saturated rings. The van der Waals surface area contributed by atoms with Gasteiger partial charge in [-0.1, -0.05) is 11.6 Å². The summed E-state index contributed by atoms with van der Waals surface area (Å²) in [4.78, 5) is 33.3. The van der Waals surface area contributed by atoms with Gasteiger partial charge >= 0.3 is 0 Å². The summed E-state index contributed by atoms with van der Waals surface area (Å²) in [5.74, 6) is -0.589. The minimum Gasteiger partial charge on any atom is -0.383 e. The van der Waals surface area contributed by atoms with E-state index in [1.807, 2.05) is 0 Å². The molecule has 1 aliphatic heterocycles. The lowest BCUT2D eigenvalue weighted by Gasteiger charge is -2.23. The van der Waals surface area contributed by atoms with Crippen molar-refractivity contribution in [1.29, 1.82) is 0 Å². The van der Waals surface area contributed by atoms with Crippen molar-refractivity contribution < 1.29 is 18.7 Å². The SMILES string of the molecule is COCCNC(=O)CN(C(=O)c1ccc(N2CCCC2)nc1)c1ccc(F)c(Cl)c1. The molecule has 1 saturated heterocycles. The molecule has 0 bridgehead atoms. The number of anilines is 2. The lowest BCUT2D eigenvalue weighted by molar-refractivity contribution is -0.119. The van der Waals surface area contributed by atoms with Crippen molar-refractivity contribution in [3.63, 3.8) is 0 Å². The van der Waals surface area contributed by atoms with Gasteiger partial charge in [0, 0.05) is 38.6 Å². The van der Waals surface area contributed by atoms with Crippen LogP contribution in [0.1, 0.15) is 23.2 Å². The monoisotopic (exact) mass is 434 g/mol. The van der Waals surface area contributed by atoms with Gasteiger partial charge in [-0.3, -0.25) is 14.5 Å². The summed E-state index contributed by atoms with van der Waals surface area (Å²) in [6.07, 6.45) is 3.75. The summed E-state index contributed by atoms with van der Waals surface area (Å²) >= 11 is 5.89. The van der Waals surface area contributed by atoms with E-state index in [9.17, 15) is 14.0 Å². The summed E-state index contributed by atoms with van der Waals surface area (Å²) in [7, 11) is 1.53. The van der Waals surface area contributed by atoms with Crippen LogP contribution in [0.25, 0.3) is 0 Å². The smallest absolute Gasteiger partial charge is 0.260 e. The Morgan fingerprint density at radius 3 is 2.67 bits per heavy atom. The number of halogens is 2. The minimum atomic E-state index is -0.603. The topological polar surface area (TPSA) is 74.8 Å². The maximum absolute atomic E-state index is 13.6. The number of rotatable bonds is 8. The van der Waals surface area contributed by atoms with Gasteiger partial charge in [-0.05, 0) is 43.2 Å². The van der Waals surface area contributed by atoms with E-state index < -0.39 is 11.7 Å². The fraction of sp³-hybridized carbons (Fsp3) is 0.381. The Bertz CT molecular complexity index is 888. The fourth-order valence-electron chi connectivity index (χ4n) is 3.23. The van der Waals surface area contributed by atoms with Crippen LogP contribution in [0.5, 0.6) is 0 Å². The quantitative estimate of drug-likeness (QED) is 0.647. The third-order valence-electron chi connectivity index (χ3n) is 4.81. The zero-order valence-electron chi connectivity index (χ0n) is 16.7. The van der Waals surface area contributed by atoms with Crippen molar-refractivity contribution in [3.05, 3.63) is 52.9 Å². The molecule has 0 saturated carbocycles. The molecule has 160 valence electrons. The lowest BCUT2D eigenvalue weighted by Crippen LogP contribution is -2.41. The first kappa shape index (κ1) is 22.0. The fourth-order valence-corrected chi connectivity index (χ4v) is 3.40. The molecule has 2 amide bonds. The number of aromatic nitrogens is 1. The first-order valence-electron chi connectivity index (χ1n) is 9.73. The van der Waals surface area contributed by atoms with Crippen LogP contribution in [0, 0.1) is 5.82 Å². The largest absolute Gasteiger partial charge is 0.383 e. The molecule has 1 N–H and O–H groups in total. The Hall–Kier alpha value is -2.71. The zero-order valence-corrected chi connectivity index (χ0v) is 17.5. The van der Waals surface area contributed by atoms with Crippen molar-refractivity contribution in [2.75, 3.05) is 49.7 Å². The van der Waals surface area contributed by atoms with Crippen LogP contribution in [0.3, 0.4) is 0 Å². The minimum absolute atomic E-state index is 0.132. The second kappa shape index (κ2) is 10.4. The highest BCUT2D eigenvalue weighted by atomic mass is 35.5. The van der Waals surface area contributed by atoms with Gasteiger partial charge in [-0.15, -0.1) is 0 Å². The van der Waals surface area contributed by atoms with Crippen molar-refractivity contribution in [2.45, 2.75) is 12.8 Å². The third kappa shape index (κ3) is 5.46. The van der Waals surface area contributed by atoms with Crippen molar-refractivity contribution in [1.82, 2.24) is 10.3 Å². The van der Waals surface area contributed by atoms with Crippen LogP contribution in [0.2, 0.25) is 5.02 Å². The molecule has 1 aromatic carbocycles. The number of amides is 2. The second-order valence-corrected chi connectivity index (χ2v) is 7.34. The third-order valence-corrected chi connectivity index (χ3v) is 5.10. The molecule has 1 aromatic heterocycles. The highest BCUT2D eigenvalue weighted by Crippen LogP contribution is 2.25. The highest BCUT2D eigenvalue weighted by Gasteiger charge is 2.23. The highest BCUT2D eigenvalue weighted by molar-refractivity contribution is 6.31. The molecule has 9 heteroatoms. The second-order valence-electron chi connectivity index (χ2n) is 6.93. The van der Waals surface area contributed by atoms with Gasteiger partial charge < -0.3 is 15.0 Å². The van der Waals surface area contributed by atoms with Crippen LogP contribution in [0.15, 0.2) is 36.5 Å². The number of methoxy groups -OCH3 is 1. The number of carbonyl (C=O) groups is 2. The summed E-state index contributed by atoms with van der Waals surface area (Å²) in [5.41, 5.74) is 0.639. The van der Waals surface area contributed by atoms with Crippen LogP contribution >= 0.6 is 11.6 Å². The van der Waals surface area contributed by atoms with E-state index in [0.717, 1.165) is 37.8 Å². The van der Waals surface area contributed by atoms with Crippen LogP contribution in [-0.4, -0.2) is 56.7 Å². The molecule has 3 rings (SSSR count). The van der Waals surface area contributed by atoms with Gasteiger partial charge in [0.1, 0.15) is 18.2 Å². The Morgan fingerprint density at radius 1 is 1.27 bits per heavy atom. The van der Waals surface area contributed by atoms with Gasteiger partial charge in [-0.25, -0.2) is 9.37 Å². The van der Waals surface area contributed by atoms with Crippen LogP contribution < -0.4 is 15.1 Å². The van der Waals surface area contributed by atoms with Gasteiger partial charge in [0.2, 0.25) is 5.91 Å². The molecule has 0 spiro atoms. The van der Waals surface area contributed by atoms with Gasteiger partial charge in [0.05, 0.1) is 17.2 Å². The van der Waals surface area contributed by atoms with E-state index in [4.69, 9.17) is 16.3 Å². The lowest BCUT2D eigenvalue weighted by atomic mass is 10.2. The van der Waals surface area contributed by atoms with E-state index in [-0.39, 0.29) is 17.5 Å². The molecule has 2 aromatic rings. The van der Waals surface area contributed by atoms with Crippen molar-refractivity contribution in [2.24, 2.45) is 0 Å². The number of pyridine rings is 1. The Morgan fingerprint density at radius 2 is 2.03 bits per heavy atom. The number of carbonyl (C=O) groups excluding carboxylic acids is 2. The van der Waals surface area contributed by atoms with E-state index in [0.29, 0.717) is 24.4 Å². The van der Waals surface area contributed by atoms with Crippen molar-refractivity contribution >= 4 is 34.9 Å². The molecule has 7 nitrogen and oxygen atoms in total. The number of hydrogen-bond acceptors (Lipinski definition) is 5. The molecular formula is C21H24ClFN4O3. The molecule has 0 radical (unpaired) electrons. The van der Waals surface area contributed by atoms with Gasteiger partial charge in [-0.2, -0.15) is 0 Å². The molecular weight excluding hydrogens is 411 g/mol. The number of nitrogens with zero attached hydrogens (tertiary/aromatic N) is 3. The summed E-state index contributed by atoms with van der Waals surface area (Å²) < 4.78 is 18.5. The Kier molecular flexibility index (Phi) is 7.59. The number of ether oxygens (including phenoxy) is 1. The normalized spacial score (nSPS) is 13.4. The van der Waals surface area contributed by atoms with Gasteiger partial charge in [0.15, 0.2) is 0 Å². The van der Waals surface area contributed by atoms with Crippen LogP contribution in [-0.2, 0) is 9.53 Å². The van der Waals surface area contributed by atoms with E-state index in [1.165, 1.54) is 30.3 Å². The van der Waals surface area contributed by atoms with Crippen molar-refractivity contribution in [3.8, 4) is 0 Å². The predicted octanol–water partition coefficient (Wildman–Crippen LogP) is 2.88. The predicted molar refractivity (Wildman–Crippen MR) is 114 cm³/mol. The van der Waals surface area contributed by atoms with Gasteiger partial charge in [0.25, 0.3) is 5.91 Å². The Balaban J connectivity index is 1.81. The van der Waals surface area contributed by atoms with E-state index in [1.54, 1.807) is 12.1 Å². The average molecular weight is 435 g/mol. The average Bonchev–Trinajstić information content (AvgIpc) is 3.29. The number of nitrogens with one attached hydrogen (secondary N) is 1. The standard InChI is InChI=1S/C21H24ClFN4O3/c1-30-11-8-24-20(28)14-27(16-5-6-18(23)17(22)12-16)21(29)15-4-7-19(25-13-15)26-9-2-3-10-26/h4-7,12-13H,2-3,8-11,14H2,1H3,(H,24,28). The van der Waals surface area contributed by atoms with E-state index in [2.05, 4.69) is 15.2 Å². The van der Waals surface area contributed by atoms with E-state index >= 15 is 0 Å². The number of hydrogen-bond donors (Lipinski definition) is 1. The number of benzene rings is 1. The Labute approximate surface area is 179 Å². The molecule has 1 aliphatic rings. The first-order chi connectivity index (χ1) is 14.5. The molecule has 2 heterocycles. The molecule has 0 atom stereocenters. The molecule has 0 aliphatic carbocycles. The molecule has 0 unspecified atom stereocenters. The summed E-state index contributed by atoms with van der Waals surface area (Å²) in [6.45, 7) is 2.31. The summed E-state index contributed by atoms with van der Waals surface area (Å²) in [5, 5.41) is 2.54. The maximum Gasteiger partial charge on any atom is 0.260 e. The zero-order chi connectivity index (χ0) is 21.5. The van der Waals surface area contributed by atoms with Crippen LogP contribution in [0.4, 0.5) is 15.9 Å².